The molecule has 0 aliphatic carbocycles. The summed E-state index contributed by atoms with van der Waals surface area (Å²) in [6.07, 6.45) is 5.87. The molecule has 2 aliphatic rings. The zero-order valence-corrected chi connectivity index (χ0v) is 25.6. The molecule has 0 saturated carbocycles. The van der Waals surface area contributed by atoms with Crippen LogP contribution in [0, 0.1) is 18.8 Å². The molecule has 2 aliphatic heterocycles. The first-order valence-corrected chi connectivity index (χ1v) is 16.1. The third kappa shape index (κ3) is 8.72. The van der Waals surface area contributed by atoms with Crippen LogP contribution in [0.15, 0.2) is 47.4 Å². The predicted molar refractivity (Wildman–Crippen MR) is 165 cm³/mol. The van der Waals surface area contributed by atoms with Crippen molar-refractivity contribution in [1.29, 1.82) is 0 Å². The summed E-state index contributed by atoms with van der Waals surface area (Å²) in [7, 11) is 0. The Labute approximate surface area is 249 Å². The molecule has 2 saturated heterocycles. The Morgan fingerprint density at radius 2 is 1.73 bits per heavy atom. The van der Waals surface area contributed by atoms with Gasteiger partial charge in [-0.2, -0.15) is 0 Å². The van der Waals surface area contributed by atoms with Crippen molar-refractivity contribution in [3.05, 3.63) is 58.6 Å². The maximum absolute atomic E-state index is 13.7. The minimum absolute atomic E-state index is 0.0613. The highest BCUT2D eigenvalue weighted by atomic mass is 35.5. The molecule has 2 aromatic rings. The monoisotopic (exact) mass is 585 g/mol. The van der Waals surface area contributed by atoms with Crippen LogP contribution in [0.5, 0.6) is 0 Å². The number of hydrogen-bond acceptors (Lipinski definition) is 5. The number of aliphatic hydroxyl groups excluding tert-OH is 1. The van der Waals surface area contributed by atoms with Crippen molar-refractivity contribution in [3.8, 4) is 0 Å². The summed E-state index contributed by atoms with van der Waals surface area (Å²) in [4.78, 5) is 33.0. The number of halogens is 1. The molecule has 0 bridgehead atoms. The van der Waals surface area contributed by atoms with Crippen molar-refractivity contribution in [2.45, 2.75) is 57.3 Å². The average Bonchev–Trinajstić information content (AvgIpc) is 2.97. The van der Waals surface area contributed by atoms with Crippen molar-refractivity contribution in [1.82, 2.24) is 9.80 Å². The quantitative estimate of drug-likeness (QED) is 0.344. The predicted octanol–water partition coefficient (Wildman–Crippen LogP) is 5.67. The number of rotatable bonds is 11. The van der Waals surface area contributed by atoms with Gasteiger partial charge in [-0.05, 0) is 106 Å². The fourth-order valence-electron chi connectivity index (χ4n) is 5.86. The second-order valence-electron chi connectivity index (χ2n) is 11.3. The molecule has 2 heterocycles. The van der Waals surface area contributed by atoms with E-state index in [1.54, 1.807) is 18.7 Å². The Bertz CT molecular complexity index is 1110. The van der Waals surface area contributed by atoms with Crippen LogP contribution < -0.4 is 4.90 Å². The minimum Gasteiger partial charge on any atom is -0.396 e. The second-order valence-corrected chi connectivity index (χ2v) is 12.8. The van der Waals surface area contributed by atoms with Gasteiger partial charge in [-0.25, -0.2) is 0 Å². The normalized spacial score (nSPS) is 17.2. The lowest BCUT2D eigenvalue weighted by Crippen LogP contribution is -2.45. The maximum atomic E-state index is 13.7. The summed E-state index contributed by atoms with van der Waals surface area (Å²) < 4.78 is 0. The minimum atomic E-state index is -0.0613. The lowest BCUT2D eigenvalue weighted by molar-refractivity contribution is -0.133. The van der Waals surface area contributed by atoms with Gasteiger partial charge in [0.2, 0.25) is 11.8 Å². The number of aryl methyl sites for hydroxylation is 1. The van der Waals surface area contributed by atoms with Gasteiger partial charge in [0, 0.05) is 53.8 Å². The van der Waals surface area contributed by atoms with Crippen molar-refractivity contribution in [3.63, 3.8) is 0 Å². The van der Waals surface area contributed by atoms with Crippen molar-refractivity contribution in [2.75, 3.05) is 56.5 Å². The summed E-state index contributed by atoms with van der Waals surface area (Å²) in [6.45, 7) is 8.94. The van der Waals surface area contributed by atoms with Gasteiger partial charge < -0.3 is 19.8 Å². The molecule has 4 rings (SSSR count). The van der Waals surface area contributed by atoms with Crippen LogP contribution in [0.2, 0.25) is 5.02 Å². The van der Waals surface area contributed by atoms with Crippen LogP contribution in [0.4, 0.5) is 5.69 Å². The van der Waals surface area contributed by atoms with Gasteiger partial charge in [0.15, 0.2) is 0 Å². The van der Waals surface area contributed by atoms with Crippen molar-refractivity contribution >= 4 is 40.9 Å². The van der Waals surface area contributed by atoms with Gasteiger partial charge in [0.05, 0.1) is 6.61 Å². The highest BCUT2D eigenvalue weighted by molar-refractivity contribution is 7.99. The summed E-state index contributed by atoms with van der Waals surface area (Å²) >= 11 is 8.15. The molecule has 218 valence electrons. The number of aliphatic hydroxyl groups is 1. The topological polar surface area (TPSA) is 64.1 Å². The van der Waals surface area contributed by atoms with E-state index in [0.29, 0.717) is 43.4 Å². The summed E-state index contributed by atoms with van der Waals surface area (Å²) in [6, 6.07) is 14.7. The van der Waals surface area contributed by atoms with E-state index in [0.717, 1.165) is 49.5 Å². The van der Waals surface area contributed by atoms with Gasteiger partial charge in [-0.15, -0.1) is 11.8 Å². The third-order valence-corrected chi connectivity index (χ3v) is 9.79. The Morgan fingerprint density at radius 1 is 1.02 bits per heavy atom. The SMILES string of the molecule is CC(=O)N1CCC(C(=O)N(CCCN2CCC(Cc3ccc(SCCO)cc3)CC2)c2ccc(C)c(Cl)c2)CC1. The number of nitrogens with zero attached hydrogens (tertiary/aromatic N) is 3. The Morgan fingerprint density at radius 3 is 2.35 bits per heavy atom. The molecule has 6 nitrogen and oxygen atoms in total. The van der Waals surface area contributed by atoms with Crippen LogP contribution in [0.3, 0.4) is 0 Å². The highest BCUT2D eigenvalue weighted by Crippen LogP contribution is 2.28. The molecule has 0 unspecified atom stereocenters. The molecular weight excluding hydrogens is 542 g/mol. The summed E-state index contributed by atoms with van der Waals surface area (Å²) in [5.74, 6) is 1.63. The fourth-order valence-corrected chi connectivity index (χ4v) is 6.69. The third-order valence-electron chi connectivity index (χ3n) is 8.39. The number of hydrogen-bond donors (Lipinski definition) is 1. The molecule has 8 heteroatoms. The Hall–Kier alpha value is -2.06. The fraction of sp³-hybridized carbons (Fsp3) is 0.562. The number of likely N-dealkylation sites (tertiary alicyclic amines) is 2. The zero-order valence-electron chi connectivity index (χ0n) is 24.0. The molecule has 0 spiro atoms. The van der Waals surface area contributed by atoms with Gasteiger partial charge in [-0.1, -0.05) is 29.8 Å². The van der Waals surface area contributed by atoms with Gasteiger partial charge in [-0.3, -0.25) is 9.59 Å². The summed E-state index contributed by atoms with van der Waals surface area (Å²) in [5, 5.41) is 9.70. The molecule has 2 fully saturated rings. The number of carbonyl (C=O) groups excluding carboxylic acids is 2. The smallest absolute Gasteiger partial charge is 0.230 e. The lowest BCUT2D eigenvalue weighted by Gasteiger charge is -2.35. The van der Waals surface area contributed by atoms with Gasteiger partial charge in [0.1, 0.15) is 0 Å². The number of benzene rings is 2. The van der Waals surface area contributed by atoms with Gasteiger partial charge >= 0.3 is 0 Å². The van der Waals surface area contributed by atoms with Crippen LogP contribution in [-0.4, -0.2) is 78.3 Å². The second kappa shape index (κ2) is 15.2. The number of anilines is 1. The standard InChI is InChI=1S/C32H44ClN3O3S/c1-24-4-7-29(23-31(24)33)36(32(39)28-12-18-35(19-13-28)25(2)38)15-3-14-34-16-10-27(11-17-34)22-26-5-8-30(9-6-26)40-21-20-37/h4-9,23,27-28,37H,3,10-22H2,1-2H3. The van der Waals surface area contributed by atoms with Crippen LogP contribution >= 0.6 is 23.4 Å². The largest absolute Gasteiger partial charge is 0.396 e. The van der Waals surface area contributed by atoms with Crippen molar-refractivity contribution < 1.29 is 14.7 Å². The first-order valence-electron chi connectivity index (χ1n) is 14.7. The number of thioether (sulfide) groups is 1. The molecule has 2 aromatic carbocycles. The highest BCUT2D eigenvalue weighted by Gasteiger charge is 2.30. The Kier molecular flexibility index (Phi) is 11.8. The first kappa shape index (κ1) is 30.9. The van der Waals surface area contributed by atoms with Crippen LogP contribution in [0.1, 0.15) is 50.2 Å². The summed E-state index contributed by atoms with van der Waals surface area (Å²) in [5.41, 5.74) is 3.27. The molecule has 0 atom stereocenters. The van der Waals surface area contributed by atoms with E-state index in [1.165, 1.54) is 23.3 Å². The van der Waals surface area contributed by atoms with Crippen LogP contribution in [-0.2, 0) is 16.0 Å². The van der Waals surface area contributed by atoms with E-state index in [-0.39, 0.29) is 24.3 Å². The average molecular weight is 586 g/mol. The molecular formula is C32H44ClN3O3S. The lowest BCUT2D eigenvalue weighted by atomic mass is 9.90. The van der Waals surface area contributed by atoms with E-state index in [1.807, 2.05) is 34.9 Å². The number of amides is 2. The van der Waals surface area contributed by atoms with Crippen molar-refractivity contribution in [2.24, 2.45) is 11.8 Å². The molecule has 1 N–H and O–H groups in total. The molecule has 0 radical (unpaired) electrons. The zero-order chi connectivity index (χ0) is 28.5. The van der Waals surface area contributed by atoms with E-state index < -0.39 is 0 Å². The molecule has 0 aromatic heterocycles. The number of piperidine rings is 2. The van der Waals surface area contributed by atoms with E-state index in [4.69, 9.17) is 16.7 Å². The number of carbonyl (C=O) groups is 2. The van der Waals surface area contributed by atoms with E-state index >= 15 is 0 Å². The molecule has 2 amide bonds. The van der Waals surface area contributed by atoms with Crippen LogP contribution in [0.25, 0.3) is 0 Å². The van der Waals surface area contributed by atoms with E-state index in [9.17, 15) is 9.59 Å². The van der Waals surface area contributed by atoms with E-state index in [2.05, 4.69) is 29.2 Å². The molecule has 40 heavy (non-hydrogen) atoms. The maximum Gasteiger partial charge on any atom is 0.230 e. The van der Waals surface area contributed by atoms with Gasteiger partial charge in [0.25, 0.3) is 0 Å². The first-order chi connectivity index (χ1) is 19.3. The Balaban J connectivity index is 1.27.